The summed E-state index contributed by atoms with van der Waals surface area (Å²) in [6.07, 6.45) is 0. The molecule has 0 bridgehead atoms. The van der Waals surface area contributed by atoms with Crippen LogP contribution in [0.5, 0.6) is 0 Å². The van der Waals surface area contributed by atoms with E-state index in [2.05, 4.69) is 20.8 Å². The number of hydrogen-bond donors (Lipinski definition) is 2. The molecular weight excluding hydrogens is 344 g/mol. The maximum Gasteiger partial charge on any atom is 0.231 e. The molecular formula is C16H18N4O2S2. The molecule has 1 amide bonds. The highest BCUT2D eigenvalue weighted by Crippen LogP contribution is 2.26. The van der Waals surface area contributed by atoms with Crippen molar-refractivity contribution in [2.75, 3.05) is 17.6 Å². The summed E-state index contributed by atoms with van der Waals surface area (Å²) in [5, 5.41) is 15.9. The molecule has 2 heterocycles. The van der Waals surface area contributed by atoms with Crippen molar-refractivity contribution in [1.29, 1.82) is 0 Å². The molecule has 0 unspecified atom stereocenters. The van der Waals surface area contributed by atoms with Crippen LogP contribution < -0.4 is 10.6 Å². The summed E-state index contributed by atoms with van der Waals surface area (Å²) < 4.78 is 6.55. The van der Waals surface area contributed by atoms with Gasteiger partial charge in [-0.05, 0) is 26.0 Å². The predicted octanol–water partition coefficient (Wildman–Crippen LogP) is 3.69. The Morgan fingerprint density at radius 2 is 2.21 bits per heavy atom. The molecule has 24 heavy (non-hydrogen) atoms. The molecule has 0 radical (unpaired) electrons. The molecule has 1 aromatic carbocycles. The lowest BCUT2D eigenvalue weighted by atomic mass is 10.2. The lowest BCUT2D eigenvalue weighted by molar-refractivity contribution is -0.119. The van der Waals surface area contributed by atoms with Crippen molar-refractivity contribution in [3.05, 3.63) is 36.1 Å². The summed E-state index contributed by atoms with van der Waals surface area (Å²) in [5.74, 6) is 0.985. The third kappa shape index (κ3) is 4.07. The van der Waals surface area contributed by atoms with Crippen LogP contribution in [0.15, 0.2) is 39.1 Å². The molecule has 2 N–H and O–H groups in total. The molecule has 8 heteroatoms. The topological polar surface area (TPSA) is 80.0 Å². The zero-order chi connectivity index (χ0) is 16.9. The maximum atomic E-state index is 12.1. The fraction of sp³-hybridized carbons (Fsp3) is 0.312. The van der Waals surface area contributed by atoms with Crippen LogP contribution in [0.25, 0.3) is 11.0 Å². The zero-order valence-corrected chi connectivity index (χ0v) is 15.0. The first-order valence-electron chi connectivity index (χ1n) is 7.63. The smallest absolute Gasteiger partial charge is 0.231 e. The molecule has 0 aliphatic rings. The van der Waals surface area contributed by atoms with Crippen molar-refractivity contribution < 1.29 is 9.21 Å². The molecule has 0 fully saturated rings. The van der Waals surface area contributed by atoms with Gasteiger partial charge in [-0.3, -0.25) is 4.79 Å². The summed E-state index contributed by atoms with van der Waals surface area (Å²) in [4.78, 5) is 12.1. The highest BCUT2D eigenvalue weighted by molar-refractivity contribution is 8.01. The molecule has 1 atom stereocenters. The second kappa shape index (κ2) is 7.67. The average Bonchev–Trinajstić information content (AvgIpc) is 3.19. The van der Waals surface area contributed by atoms with Gasteiger partial charge in [-0.2, -0.15) is 0 Å². The first kappa shape index (κ1) is 16.8. The Hall–Kier alpha value is -2.06. The van der Waals surface area contributed by atoms with E-state index in [1.807, 2.05) is 44.2 Å². The third-order valence-corrected chi connectivity index (χ3v) is 5.32. The standard InChI is InChI=1S/C16H18N4O2S2/c1-3-17-15-19-20-16(24-15)23-9-14(21)18-10(2)13-8-11-6-4-5-7-12(11)22-13/h4-8,10H,3,9H2,1-2H3,(H,17,19)(H,18,21)/t10-/m0/s1. The first-order valence-corrected chi connectivity index (χ1v) is 9.44. The minimum atomic E-state index is -0.183. The van der Waals surface area contributed by atoms with E-state index in [1.165, 1.54) is 23.1 Å². The third-order valence-electron chi connectivity index (χ3n) is 3.31. The van der Waals surface area contributed by atoms with E-state index in [1.54, 1.807) is 0 Å². The number of carbonyl (C=O) groups excluding carboxylic acids is 1. The fourth-order valence-electron chi connectivity index (χ4n) is 2.19. The van der Waals surface area contributed by atoms with Gasteiger partial charge < -0.3 is 15.1 Å². The molecule has 6 nitrogen and oxygen atoms in total. The zero-order valence-electron chi connectivity index (χ0n) is 13.4. The highest BCUT2D eigenvalue weighted by atomic mass is 32.2. The maximum absolute atomic E-state index is 12.1. The number of nitrogens with one attached hydrogen (secondary N) is 2. The molecule has 3 rings (SSSR count). The van der Waals surface area contributed by atoms with Crippen molar-refractivity contribution >= 4 is 45.1 Å². The lowest BCUT2D eigenvalue weighted by Crippen LogP contribution is -2.27. The van der Waals surface area contributed by atoms with Gasteiger partial charge in [0.05, 0.1) is 11.8 Å². The van der Waals surface area contributed by atoms with Gasteiger partial charge in [-0.1, -0.05) is 41.3 Å². The second-order valence-electron chi connectivity index (χ2n) is 5.17. The quantitative estimate of drug-likeness (QED) is 0.624. The predicted molar refractivity (Wildman–Crippen MR) is 97.6 cm³/mol. The van der Waals surface area contributed by atoms with Crippen molar-refractivity contribution in [2.45, 2.75) is 24.2 Å². The van der Waals surface area contributed by atoms with Gasteiger partial charge in [-0.15, -0.1) is 10.2 Å². The number of amides is 1. The number of nitrogens with zero attached hydrogens (tertiary/aromatic N) is 2. The van der Waals surface area contributed by atoms with Gasteiger partial charge in [-0.25, -0.2) is 0 Å². The summed E-state index contributed by atoms with van der Waals surface area (Å²) in [6, 6.07) is 9.58. The largest absolute Gasteiger partial charge is 0.459 e. The summed E-state index contributed by atoms with van der Waals surface area (Å²) in [6.45, 7) is 4.71. The number of benzene rings is 1. The van der Waals surface area contributed by atoms with E-state index in [-0.39, 0.29) is 11.9 Å². The van der Waals surface area contributed by atoms with Crippen LogP contribution in [0.1, 0.15) is 25.6 Å². The van der Waals surface area contributed by atoms with Crippen LogP contribution in [0.4, 0.5) is 5.13 Å². The number of hydrogen-bond acceptors (Lipinski definition) is 7. The van der Waals surface area contributed by atoms with E-state index in [9.17, 15) is 4.79 Å². The Bertz CT molecular complexity index is 797. The van der Waals surface area contributed by atoms with Gasteiger partial charge in [0, 0.05) is 11.9 Å². The monoisotopic (exact) mass is 362 g/mol. The second-order valence-corrected chi connectivity index (χ2v) is 7.37. The van der Waals surface area contributed by atoms with Crippen LogP contribution in [0.3, 0.4) is 0 Å². The Morgan fingerprint density at radius 3 is 3.00 bits per heavy atom. The number of para-hydroxylation sites is 1. The number of fused-ring (bicyclic) bond motifs is 1. The fourth-order valence-corrected chi connectivity index (χ4v) is 3.82. The number of furan rings is 1. The van der Waals surface area contributed by atoms with E-state index in [0.29, 0.717) is 5.75 Å². The summed E-state index contributed by atoms with van der Waals surface area (Å²) in [5.41, 5.74) is 0.827. The molecule has 0 saturated carbocycles. The van der Waals surface area contributed by atoms with Gasteiger partial charge >= 0.3 is 0 Å². The van der Waals surface area contributed by atoms with Crippen LogP contribution in [-0.2, 0) is 4.79 Å². The summed E-state index contributed by atoms with van der Waals surface area (Å²) >= 11 is 2.83. The van der Waals surface area contributed by atoms with Crippen LogP contribution >= 0.6 is 23.1 Å². The first-order chi connectivity index (χ1) is 11.7. The molecule has 126 valence electrons. The van der Waals surface area contributed by atoms with E-state index < -0.39 is 0 Å². The molecule has 0 aliphatic carbocycles. The number of anilines is 1. The van der Waals surface area contributed by atoms with E-state index in [0.717, 1.165) is 32.7 Å². The van der Waals surface area contributed by atoms with Crippen molar-refractivity contribution in [3.63, 3.8) is 0 Å². The van der Waals surface area contributed by atoms with Crippen LogP contribution in [0, 0.1) is 0 Å². The van der Waals surface area contributed by atoms with Crippen LogP contribution in [-0.4, -0.2) is 28.4 Å². The van der Waals surface area contributed by atoms with Crippen molar-refractivity contribution in [1.82, 2.24) is 15.5 Å². The molecule has 0 aliphatic heterocycles. The number of aromatic nitrogens is 2. The molecule has 0 spiro atoms. The van der Waals surface area contributed by atoms with Gasteiger partial charge in [0.2, 0.25) is 11.0 Å². The minimum Gasteiger partial charge on any atom is -0.459 e. The SMILES string of the molecule is CCNc1nnc(SCC(=O)N[C@@H](C)c2cc3ccccc3o2)s1. The van der Waals surface area contributed by atoms with Gasteiger partial charge in [0.15, 0.2) is 4.34 Å². The molecule has 0 saturated heterocycles. The number of carbonyl (C=O) groups is 1. The Morgan fingerprint density at radius 1 is 1.38 bits per heavy atom. The van der Waals surface area contributed by atoms with E-state index in [4.69, 9.17) is 4.42 Å². The minimum absolute atomic E-state index is 0.0619. The average molecular weight is 362 g/mol. The van der Waals surface area contributed by atoms with Crippen molar-refractivity contribution in [3.8, 4) is 0 Å². The lowest BCUT2D eigenvalue weighted by Gasteiger charge is -2.10. The number of thioether (sulfide) groups is 1. The Kier molecular flexibility index (Phi) is 5.37. The Balaban J connectivity index is 1.53. The summed E-state index contributed by atoms with van der Waals surface area (Å²) in [7, 11) is 0. The normalized spacial score (nSPS) is 12.2. The van der Waals surface area contributed by atoms with Crippen molar-refractivity contribution in [2.24, 2.45) is 0 Å². The highest BCUT2D eigenvalue weighted by Gasteiger charge is 2.15. The van der Waals surface area contributed by atoms with Crippen LogP contribution in [0.2, 0.25) is 0 Å². The van der Waals surface area contributed by atoms with Gasteiger partial charge in [0.25, 0.3) is 0 Å². The van der Waals surface area contributed by atoms with Gasteiger partial charge in [0.1, 0.15) is 11.3 Å². The Labute approximate surface area is 148 Å². The number of rotatable bonds is 7. The molecule has 3 aromatic rings. The molecule has 2 aromatic heterocycles. The van der Waals surface area contributed by atoms with E-state index >= 15 is 0 Å².